The average Bonchev–Trinajstić information content (AvgIpc) is 2.77. The van der Waals surface area contributed by atoms with Crippen LogP contribution in [-0.2, 0) is 11.3 Å². The molecule has 1 aliphatic heterocycles. The molecular formula is C13H21ClN2OS. The number of thiophene rings is 1. The van der Waals surface area contributed by atoms with E-state index >= 15 is 0 Å². The van der Waals surface area contributed by atoms with Crippen molar-refractivity contribution in [1.29, 1.82) is 0 Å². The molecule has 3 nitrogen and oxygen atoms in total. The van der Waals surface area contributed by atoms with Crippen molar-refractivity contribution in [2.45, 2.75) is 19.4 Å². The number of methoxy groups -OCH3 is 1. The summed E-state index contributed by atoms with van der Waals surface area (Å²) in [6.07, 6.45) is 2.36. The Morgan fingerprint density at radius 1 is 1.44 bits per heavy atom. The lowest BCUT2D eigenvalue weighted by Crippen LogP contribution is -2.45. The number of halogens is 1. The number of hydrogen-bond acceptors (Lipinski definition) is 4. The normalized spacial score (nSPS) is 19.0. The monoisotopic (exact) mass is 288 g/mol. The van der Waals surface area contributed by atoms with Crippen LogP contribution in [0, 0.1) is 5.41 Å². The van der Waals surface area contributed by atoms with Crippen molar-refractivity contribution in [3.8, 4) is 0 Å². The van der Waals surface area contributed by atoms with E-state index in [1.807, 2.05) is 6.07 Å². The van der Waals surface area contributed by atoms with Gasteiger partial charge in [-0.3, -0.25) is 0 Å². The summed E-state index contributed by atoms with van der Waals surface area (Å²) in [7, 11) is 1.79. The van der Waals surface area contributed by atoms with Crippen molar-refractivity contribution in [1.82, 2.24) is 10.6 Å². The van der Waals surface area contributed by atoms with Crippen LogP contribution in [0.2, 0.25) is 4.34 Å². The van der Waals surface area contributed by atoms with Gasteiger partial charge >= 0.3 is 0 Å². The fourth-order valence-corrected chi connectivity index (χ4v) is 3.59. The second-order valence-corrected chi connectivity index (χ2v) is 6.79. The van der Waals surface area contributed by atoms with Crippen molar-refractivity contribution in [2.75, 3.05) is 33.4 Å². The highest BCUT2D eigenvalue weighted by atomic mass is 35.5. The third-order valence-electron chi connectivity index (χ3n) is 3.54. The largest absolute Gasteiger partial charge is 0.384 e. The first-order valence-corrected chi connectivity index (χ1v) is 7.58. The number of rotatable bonds is 6. The lowest BCUT2D eigenvalue weighted by molar-refractivity contribution is 0.0535. The van der Waals surface area contributed by atoms with E-state index < -0.39 is 0 Å². The van der Waals surface area contributed by atoms with Crippen LogP contribution in [0.1, 0.15) is 17.7 Å². The van der Waals surface area contributed by atoms with Gasteiger partial charge in [0.05, 0.1) is 10.9 Å². The number of piperidine rings is 1. The Bertz CT molecular complexity index is 358. The highest BCUT2D eigenvalue weighted by Crippen LogP contribution is 2.28. The number of ether oxygens (including phenoxy) is 1. The van der Waals surface area contributed by atoms with Crippen molar-refractivity contribution >= 4 is 22.9 Å². The summed E-state index contributed by atoms with van der Waals surface area (Å²) in [6, 6.07) is 4.05. The van der Waals surface area contributed by atoms with Gasteiger partial charge in [0, 0.05) is 30.5 Å². The molecule has 1 saturated heterocycles. The summed E-state index contributed by atoms with van der Waals surface area (Å²) >= 11 is 7.57. The van der Waals surface area contributed by atoms with E-state index in [1.54, 1.807) is 18.4 Å². The molecule has 0 spiro atoms. The molecule has 0 radical (unpaired) electrons. The Kier molecular flexibility index (Phi) is 5.45. The molecule has 0 bridgehead atoms. The summed E-state index contributed by atoms with van der Waals surface area (Å²) in [5.41, 5.74) is 0.293. The standard InChI is InChI=1S/C13H21ClN2OS/c1-17-10-13(4-6-15-7-5-13)9-16-8-11-2-3-12(14)18-11/h2-3,15-16H,4-10H2,1H3. The fraction of sp³-hybridized carbons (Fsp3) is 0.692. The maximum absolute atomic E-state index is 5.93. The van der Waals surface area contributed by atoms with Gasteiger partial charge in [0.15, 0.2) is 0 Å². The van der Waals surface area contributed by atoms with Crippen molar-refractivity contribution in [2.24, 2.45) is 5.41 Å². The third-order valence-corrected chi connectivity index (χ3v) is 4.77. The molecule has 1 aromatic heterocycles. The molecule has 1 fully saturated rings. The predicted octanol–water partition coefficient (Wildman–Crippen LogP) is 2.51. The van der Waals surface area contributed by atoms with E-state index in [-0.39, 0.29) is 0 Å². The topological polar surface area (TPSA) is 33.3 Å². The Balaban J connectivity index is 1.82. The molecule has 2 heterocycles. The summed E-state index contributed by atoms with van der Waals surface area (Å²) < 4.78 is 6.27. The van der Waals surface area contributed by atoms with Gasteiger partial charge in [0.1, 0.15) is 0 Å². The smallest absolute Gasteiger partial charge is 0.0931 e. The highest BCUT2D eigenvalue weighted by molar-refractivity contribution is 7.16. The van der Waals surface area contributed by atoms with E-state index in [9.17, 15) is 0 Å². The minimum atomic E-state index is 0.293. The van der Waals surface area contributed by atoms with Gasteiger partial charge in [-0.2, -0.15) is 0 Å². The first kappa shape index (κ1) is 14.3. The predicted molar refractivity (Wildman–Crippen MR) is 77.4 cm³/mol. The molecule has 0 atom stereocenters. The van der Waals surface area contributed by atoms with Crippen LogP contribution in [0.3, 0.4) is 0 Å². The molecule has 2 N–H and O–H groups in total. The van der Waals surface area contributed by atoms with Gasteiger partial charge in [-0.25, -0.2) is 0 Å². The molecular weight excluding hydrogens is 268 g/mol. The maximum atomic E-state index is 5.93. The summed E-state index contributed by atoms with van der Waals surface area (Å²) in [5, 5.41) is 6.96. The van der Waals surface area contributed by atoms with Gasteiger partial charge in [-0.05, 0) is 38.1 Å². The van der Waals surface area contributed by atoms with Gasteiger partial charge in [0.25, 0.3) is 0 Å². The second kappa shape index (κ2) is 6.87. The van der Waals surface area contributed by atoms with Gasteiger partial charge < -0.3 is 15.4 Å². The second-order valence-electron chi connectivity index (χ2n) is 4.99. The van der Waals surface area contributed by atoms with Crippen LogP contribution < -0.4 is 10.6 Å². The van der Waals surface area contributed by atoms with Crippen LogP contribution in [0.5, 0.6) is 0 Å². The SMILES string of the molecule is COCC1(CNCc2ccc(Cl)s2)CCNCC1. The molecule has 102 valence electrons. The molecule has 5 heteroatoms. The van der Waals surface area contributed by atoms with E-state index in [4.69, 9.17) is 16.3 Å². The molecule has 0 saturated carbocycles. The van der Waals surface area contributed by atoms with Crippen LogP contribution in [-0.4, -0.2) is 33.4 Å². The maximum Gasteiger partial charge on any atom is 0.0931 e. The highest BCUT2D eigenvalue weighted by Gasteiger charge is 2.31. The van der Waals surface area contributed by atoms with Crippen molar-refractivity contribution < 1.29 is 4.74 Å². The minimum absolute atomic E-state index is 0.293. The van der Waals surface area contributed by atoms with Crippen LogP contribution in [0.15, 0.2) is 12.1 Å². The molecule has 1 aliphatic rings. The van der Waals surface area contributed by atoms with E-state index in [0.29, 0.717) is 5.41 Å². The summed E-state index contributed by atoms with van der Waals surface area (Å²) in [4.78, 5) is 1.29. The molecule has 2 rings (SSSR count). The zero-order valence-electron chi connectivity index (χ0n) is 10.8. The average molecular weight is 289 g/mol. The molecule has 18 heavy (non-hydrogen) atoms. The summed E-state index contributed by atoms with van der Waals surface area (Å²) in [5.74, 6) is 0. The first-order chi connectivity index (χ1) is 8.74. The zero-order chi connectivity index (χ0) is 12.8. The third kappa shape index (κ3) is 3.93. The van der Waals surface area contributed by atoms with Gasteiger partial charge in [0.2, 0.25) is 0 Å². The van der Waals surface area contributed by atoms with Crippen LogP contribution in [0.25, 0.3) is 0 Å². The van der Waals surface area contributed by atoms with E-state index in [1.165, 1.54) is 17.7 Å². The molecule has 0 amide bonds. The Morgan fingerprint density at radius 3 is 2.83 bits per heavy atom. The Morgan fingerprint density at radius 2 is 2.22 bits per heavy atom. The Labute approximate surface area is 118 Å². The Hall–Kier alpha value is -0.130. The lowest BCUT2D eigenvalue weighted by atomic mass is 9.79. The zero-order valence-corrected chi connectivity index (χ0v) is 12.4. The van der Waals surface area contributed by atoms with Crippen molar-refractivity contribution in [3.05, 3.63) is 21.3 Å². The molecule has 0 unspecified atom stereocenters. The van der Waals surface area contributed by atoms with Gasteiger partial charge in [-0.15, -0.1) is 11.3 Å². The van der Waals surface area contributed by atoms with Crippen molar-refractivity contribution in [3.63, 3.8) is 0 Å². The minimum Gasteiger partial charge on any atom is -0.384 e. The lowest BCUT2D eigenvalue weighted by Gasteiger charge is -2.37. The van der Waals surface area contributed by atoms with E-state index in [2.05, 4.69) is 16.7 Å². The number of hydrogen-bond donors (Lipinski definition) is 2. The van der Waals surface area contributed by atoms with Crippen LogP contribution >= 0.6 is 22.9 Å². The van der Waals surface area contributed by atoms with Crippen LogP contribution in [0.4, 0.5) is 0 Å². The molecule has 1 aromatic rings. The van der Waals surface area contributed by atoms with E-state index in [0.717, 1.165) is 37.1 Å². The fourth-order valence-electron chi connectivity index (χ4n) is 2.53. The molecule has 0 aliphatic carbocycles. The molecule has 0 aromatic carbocycles. The first-order valence-electron chi connectivity index (χ1n) is 6.39. The summed E-state index contributed by atoms with van der Waals surface area (Å²) in [6.45, 7) is 4.94. The van der Waals surface area contributed by atoms with Gasteiger partial charge in [-0.1, -0.05) is 11.6 Å². The number of nitrogens with one attached hydrogen (secondary N) is 2. The quantitative estimate of drug-likeness (QED) is 0.844.